The molecule has 0 aliphatic carbocycles. The molecule has 5 nitrogen and oxygen atoms in total. The minimum Gasteiger partial charge on any atom is -0.384 e. The molecule has 5 heteroatoms. The summed E-state index contributed by atoms with van der Waals surface area (Å²) in [6.45, 7) is 7.65. The SMILES string of the molecule is Cc1cc2nc(C3CCN(C[C@H](C)c4ccccc4)CC3)cc(N)n2n1. The predicted octanol–water partition coefficient (Wildman–Crippen LogP) is 3.60. The van der Waals surface area contributed by atoms with Crippen molar-refractivity contribution < 1.29 is 0 Å². The zero-order chi connectivity index (χ0) is 18.1. The Kier molecular flexibility index (Phi) is 4.64. The molecule has 3 aromatic rings. The van der Waals surface area contributed by atoms with Gasteiger partial charge in [0.15, 0.2) is 5.65 Å². The van der Waals surface area contributed by atoms with E-state index in [1.165, 1.54) is 5.56 Å². The summed E-state index contributed by atoms with van der Waals surface area (Å²) in [4.78, 5) is 7.40. The molecule has 0 unspecified atom stereocenters. The molecule has 1 saturated heterocycles. The van der Waals surface area contributed by atoms with Crippen molar-refractivity contribution in [3.05, 3.63) is 59.4 Å². The van der Waals surface area contributed by atoms with E-state index in [0.717, 1.165) is 49.5 Å². The van der Waals surface area contributed by atoms with Crippen LogP contribution in [0.1, 0.15) is 48.6 Å². The standard InChI is InChI=1S/C21H27N5/c1-15(17-6-4-3-5-7-17)14-25-10-8-18(9-11-25)19-13-20(22)26-21(23-19)12-16(2)24-26/h3-7,12-13,15,18H,8-11,14,22H2,1-2H3/t15-/m0/s1. The number of fused-ring (bicyclic) bond motifs is 1. The van der Waals surface area contributed by atoms with Crippen LogP contribution in [-0.2, 0) is 0 Å². The largest absolute Gasteiger partial charge is 0.384 e. The third-order valence-corrected chi connectivity index (χ3v) is 5.50. The van der Waals surface area contributed by atoms with E-state index in [0.29, 0.717) is 17.7 Å². The number of hydrogen-bond acceptors (Lipinski definition) is 4. The van der Waals surface area contributed by atoms with Gasteiger partial charge in [-0.15, -0.1) is 0 Å². The molecule has 1 atom stereocenters. The van der Waals surface area contributed by atoms with E-state index in [1.807, 2.05) is 19.1 Å². The van der Waals surface area contributed by atoms with Gasteiger partial charge < -0.3 is 10.6 Å². The molecule has 1 fully saturated rings. The highest BCUT2D eigenvalue weighted by molar-refractivity contribution is 5.48. The van der Waals surface area contributed by atoms with Gasteiger partial charge in [0.25, 0.3) is 0 Å². The summed E-state index contributed by atoms with van der Waals surface area (Å²) in [5.74, 6) is 1.73. The van der Waals surface area contributed by atoms with E-state index in [2.05, 4.69) is 47.3 Å². The summed E-state index contributed by atoms with van der Waals surface area (Å²) in [6, 6.07) is 14.8. The monoisotopic (exact) mass is 349 g/mol. The lowest BCUT2D eigenvalue weighted by atomic mass is 9.92. The Labute approximate surface area is 154 Å². The second-order valence-electron chi connectivity index (χ2n) is 7.55. The molecule has 2 aromatic heterocycles. The normalized spacial score (nSPS) is 17.6. The number of likely N-dealkylation sites (tertiary alicyclic amines) is 1. The molecule has 4 rings (SSSR count). The number of nitrogens with two attached hydrogens (primary N) is 1. The van der Waals surface area contributed by atoms with E-state index >= 15 is 0 Å². The second kappa shape index (κ2) is 7.08. The minimum absolute atomic E-state index is 0.487. The quantitative estimate of drug-likeness (QED) is 0.782. The fraction of sp³-hybridized carbons (Fsp3) is 0.429. The van der Waals surface area contributed by atoms with Crippen molar-refractivity contribution in [2.24, 2.45) is 0 Å². The molecule has 1 aliphatic rings. The van der Waals surface area contributed by atoms with Gasteiger partial charge in [0.1, 0.15) is 5.82 Å². The van der Waals surface area contributed by atoms with E-state index in [4.69, 9.17) is 10.7 Å². The van der Waals surface area contributed by atoms with Crippen LogP contribution in [0.25, 0.3) is 5.65 Å². The number of piperidine rings is 1. The molecule has 0 bridgehead atoms. The summed E-state index contributed by atoms with van der Waals surface area (Å²) < 4.78 is 1.73. The second-order valence-corrected chi connectivity index (χ2v) is 7.55. The van der Waals surface area contributed by atoms with Gasteiger partial charge in [-0.25, -0.2) is 4.98 Å². The Bertz CT molecular complexity index is 878. The van der Waals surface area contributed by atoms with Crippen molar-refractivity contribution >= 4 is 11.5 Å². The molecule has 3 heterocycles. The van der Waals surface area contributed by atoms with Crippen LogP contribution in [0, 0.1) is 6.92 Å². The van der Waals surface area contributed by atoms with Crippen molar-refractivity contribution in [1.82, 2.24) is 19.5 Å². The maximum absolute atomic E-state index is 6.18. The van der Waals surface area contributed by atoms with Crippen LogP contribution in [-0.4, -0.2) is 39.1 Å². The Balaban J connectivity index is 1.40. The molecule has 0 amide bonds. The molecule has 1 aromatic carbocycles. The average Bonchev–Trinajstić information content (AvgIpc) is 3.04. The third kappa shape index (κ3) is 3.44. The molecular weight excluding hydrogens is 322 g/mol. The van der Waals surface area contributed by atoms with E-state index < -0.39 is 0 Å². The maximum Gasteiger partial charge on any atom is 0.157 e. The topological polar surface area (TPSA) is 59.5 Å². The summed E-state index contributed by atoms with van der Waals surface area (Å²) in [5.41, 5.74) is 10.5. The maximum atomic E-state index is 6.18. The van der Waals surface area contributed by atoms with Gasteiger partial charge in [-0.2, -0.15) is 9.61 Å². The van der Waals surface area contributed by atoms with E-state index in [9.17, 15) is 0 Å². The molecule has 1 aliphatic heterocycles. The highest BCUT2D eigenvalue weighted by Crippen LogP contribution is 2.29. The highest BCUT2D eigenvalue weighted by Gasteiger charge is 2.24. The number of benzene rings is 1. The van der Waals surface area contributed by atoms with Crippen molar-refractivity contribution in [1.29, 1.82) is 0 Å². The Morgan fingerprint density at radius 2 is 1.88 bits per heavy atom. The number of anilines is 1. The lowest BCUT2D eigenvalue weighted by Gasteiger charge is -2.33. The van der Waals surface area contributed by atoms with Crippen LogP contribution in [0.3, 0.4) is 0 Å². The predicted molar refractivity (Wildman–Crippen MR) is 105 cm³/mol. The van der Waals surface area contributed by atoms with Gasteiger partial charge in [0, 0.05) is 30.3 Å². The van der Waals surface area contributed by atoms with Crippen LogP contribution in [0.4, 0.5) is 5.82 Å². The first-order valence-corrected chi connectivity index (χ1v) is 9.50. The number of aryl methyl sites for hydroxylation is 1. The minimum atomic E-state index is 0.487. The highest BCUT2D eigenvalue weighted by atomic mass is 15.3. The number of aromatic nitrogens is 3. The van der Waals surface area contributed by atoms with Crippen LogP contribution < -0.4 is 5.73 Å². The lowest BCUT2D eigenvalue weighted by Crippen LogP contribution is -2.35. The number of nitrogen functional groups attached to an aromatic ring is 1. The van der Waals surface area contributed by atoms with Gasteiger partial charge in [0.05, 0.1) is 5.69 Å². The molecule has 0 spiro atoms. The molecule has 0 radical (unpaired) electrons. The van der Waals surface area contributed by atoms with E-state index in [-0.39, 0.29) is 0 Å². The van der Waals surface area contributed by atoms with Crippen LogP contribution >= 0.6 is 0 Å². The lowest BCUT2D eigenvalue weighted by molar-refractivity contribution is 0.202. The Morgan fingerprint density at radius 1 is 1.15 bits per heavy atom. The zero-order valence-electron chi connectivity index (χ0n) is 15.6. The third-order valence-electron chi connectivity index (χ3n) is 5.50. The van der Waals surface area contributed by atoms with Gasteiger partial charge in [-0.3, -0.25) is 0 Å². The van der Waals surface area contributed by atoms with Crippen LogP contribution in [0.2, 0.25) is 0 Å². The Hall–Kier alpha value is -2.40. The van der Waals surface area contributed by atoms with Gasteiger partial charge in [0.2, 0.25) is 0 Å². The molecule has 26 heavy (non-hydrogen) atoms. The fourth-order valence-corrected chi connectivity index (χ4v) is 4.03. The van der Waals surface area contributed by atoms with Gasteiger partial charge >= 0.3 is 0 Å². The van der Waals surface area contributed by atoms with Gasteiger partial charge in [-0.1, -0.05) is 37.3 Å². The summed E-state index contributed by atoms with van der Waals surface area (Å²) >= 11 is 0. The zero-order valence-corrected chi connectivity index (χ0v) is 15.6. The smallest absolute Gasteiger partial charge is 0.157 e. The fourth-order valence-electron chi connectivity index (χ4n) is 4.03. The average molecular weight is 349 g/mol. The van der Waals surface area contributed by atoms with Crippen molar-refractivity contribution in [3.8, 4) is 0 Å². The van der Waals surface area contributed by atoms with Crippen molar-refractivity contribution in [2.75, 3.05) is 25.4 Å². The first-order valence-electron chi connectivity index (χ1n) is 9.50. The molecule has 0 saturated carbocycles. The summed E-state index contributed by atoms with van der Waals surface area (Å²) in [7, 11) is 0. The number of nitrogens with zero attached hydrogens (tertiary/aromatic N) is 4. The van der Waals surface area contributed by atoms with Crippen LogP contribution in [0.15, 0.2) is 42.5 Å². The number of rotatable bonds is 4. The van der Waals surface area contributed by atoms with E-state index in [1.54, 1.807) is 4.52 Å². The van der Waals surface area contributed by atoms with Crippen LogP contribution in [0.5, 0.6) is 0 Å². The van der Waals surface area contributed by atoms with Crippen molar-refractivity contribution in [2.45, 2.75) is 38.5 Å². The van der Waals surface area contributed by atoms with Crippen molar-refractivity contribution in [3.63, 3.8) is 0 Å². The molecule has 136 valence electrons. The summed E-state index contributed by atoms with van der Waals surface area (Å²) in [6.07, 6.45) is 2.27. The summed E-state index contributed by atoms with van der Waals surface area (Å²) in [5, 5.41) is 4.39. The molecule has 2 N–H and O–H groups in total. The molecular formula is C21H27N5. The Morgan fingerprint density at radius 3 is 2.62 bits per heavy atom. The number of hydrogen-bond donors (Lipinski definition) is 1. The first kappa shape index (κ1) is 17.0. The first-order chi connectivity index (χ1) is 12.6. The van der Waals surface area contributed by atoms with Gasteiger partial charge in [-0.05, 0) is 44.3 Å².